The Morgan fingerprint density at radius 2 is 2.09 bits per heavy atom. The second kappa shape index (κ2) is 5.04. The van der Waals surface area contributed by atoms with Gasteiger partial charge in [-0.1, -0.05) is 0 Å². The summed E-state index contributed by atoms with van der Waals surface area (Å²) in [6.07, 6.45) is 5.97. The SMILES string of the molecule is O=C1NC(=O)[C@](CCC(=O)N2Cc3ccncc3C2)(C2CC2)N1. The van der Waals surface area contributed by atoms with Gasteiger partial charge in [-0.3, -0.25) is 19.9 Å². The fourth-order valence-electron chi connectivity index (χ4n) is 3.61. The first kappa shape index (κ1) is 14.2. The van der Waals surface area contributed by atoms with Gasteiger partial charge in [0.15, 0.2) is 0 Å². The van der Waals surface area contributed by atoms with Crippen molar-refractivity contribution < 1.29 is 14.4 Å². The van der Waals surface area contributed by atoms with Crippen LogP contribution in [-0.2, 0) is 22.7 Å². The minimum atomic E-state index is -0.888. The van der Waals surface area contributed by atoms with Gasteiger partial charge < -0.3 is 10.2 Å². The van der Waals surface area contributed by atoms with E-state index in [1.807, 2.05) is 6.07 Å². The van der Waals surface area contributed by atoms with Gasteiger partial charge in [0, 0.05) is 31.9 Å². The third-order valence-electron chi connectivity index (χ3n) is 5.06. The van der Waals surface area contributed by atoms with Crippen LogP contribution in [0.25, 0.3) is 0 Å². The number of fused-ring (bicyclic) bond motifs is 1. The molecule has 1 aromatic heterocycles. The van der Waals surface area contributed by atoms with Crippen molar-refractivity contribution in [3.05, 3.63) is 29.6 Å². The summed E-state index contributed by atoms with van der Waals surface area (Å²) in [6, 6.07) is 1.48. The highest BCUT2D eigenvalue weighted by Crippen LogP contribution is 2.43. The zero-order valence-electron chi connectivity index (χ0n) is 12.7. The quantitative estimate of drug-likeness (QED) is 0.800. The summed E-state index contributed by atoms with van der Waals surface area (Å²) in [7, 11) is 0. The van der Waals surface area contributed by atoms with Crippen molar-refractivity contribution in [2.45, 2.75) is 44.3 Å². The molecular weight excluding hydrogens is 296 g/mol. The number of hydrogen-bond donors (Lipinski definition) is 2. The van der Waals surface area contributed by atoms with Crippen LogP contribution in [0.3, 0.4) is 0 Å². The van der Waals surface area contributed by atoms with Gasteiger partial charge in [0.25, 0.3) is 5.91 Å². The van der Waals surface area contributed by atoms with E-state index >= 15 is 0 Å². The van der Waals surface area contributed by atoms with Gasteiger partial charge in [-0.25, -0.2) is 4.79 Å². The van der Waals surface area contributed by atoms with Crippen molar-refractivity contribution in [3.8, 4) is 0 Å². The Morgan fingerprint density at radius 1 is 1.30 bits per heavy atom. The largest absolute Gasteiger partial charge is 0.334 e. The van der Waals surface area contributed by atoms with Crippen LogP contribution in [-0.4, -0.2) is 33.3 Å². The maximum atomic E-state index is 12.5. The van der Waals surface area contributed by atoms with E-state index in [1.165, 1.54) is 0 Å². The summed E-state index contributed by atoms with van der Waals surface area (Å²) in [6.45, 7) is 1.16. The van der Waals surface area contributed by atoms with E-state index in [0.29, 0.717) is 19.5 Å². The summed E-state index contributed by atoms with van der Waals surface area (Å²) >= 11 is 0. The van der Waals surface area contributed by atoms with Crippen LogP contribution >= 0.6 is 0 Å². The second-order valence-corrected chi connectivity index (χ2v) is 6.55. The van der Waals surface area contributed by atoms with E-state index in [9.17, 15) is 14.4 Å². The predicted octanol–water partition coefficient (Wildman–Crippen LogP) is 0.692. The average Bonchev–Trinajstić information content (AvgIpc) is 3.22. The molecule has 0 spiro atoms. The normalized spacial score (nSPS) is 26.0. The molecule has 1 aromatic rings. The lowest BCUT2D eigenvalue weighted by molar-refractivity contribution is -0.133. The molecule has 1 saturated heterocycles. The van der Waals surface area contributed by atoms with Crippen molar-refractivity contribution in [2.24, 2.45) is 5.92 Å². The highest BCUT2D eigenvalue weighted by Gasteiger charge is 2.55. The van der Waals surface area contributed by atoms with E-state index in [-0.39, 0.29) is 24.2 Å². The highest BCUT2D eigenvalue weighted by molar-refractivity contribution is 6.07. The topological polar surface area (TPSA) is 91.4 Å². The van der Waals surface area contributed by atoms with Crippen molar-refractivity contribution >= 4 is 17.8 Å². The molecule has 1 saturated carbocycles. The number of pyridine rings is 1. The van der Waals surface area contributed by atoms with Crippen molar-refractivity contribution in [1.82, 2.24) is 20.5 Å². The molecular formula is C16H18N4O3. The zero-order valence-corrected chi connectivity index (χ0v) is 12.7. The smallest absolute Gasteiger partial charge is 0.322 e. The first-order chi connectivity index (χ1) is 11.1. The van der Waals surface area contributed by atoms with Crippen molar-refractivity contribution in [1.29, 1.82) is 0 Å². The molecule has 23 heavy (non-hydrogen) atoms. The molecule has 1 aliphatic carbocycles. The van der Waals surface area contributed by atoms with Crippen LogP contribution in [0.4, 0.5) is 4.79 Å². The van der Waals surface area contributed by atoms with Gasteiger partial charge in [-0.15, -0.1) is 0 Å². The van der Waals surface area contributed by atoms with Gasteiger partial charge in [0.1, 0.15) is 5.54 Å². The second-order valence-electron chi connectivity index (χ2n) is 6.55. The van der Waals surface area contributed by atoms with Gasteiger partial charge in [0.2, 0.25) is 5.91 Å². The molecule has 3 aliphatic rings. The Balaban J connectivity index is 1.42. The third-order valence-corrected chi connectivity index (χ3v) is 5.06. The van der Waals surface area contributed by atoms with Crippen LogP contribution in [0, 0.1) is 5.92 Å². The molecule has 1 atom stereocenters. The Kier molecular flexibility index (Phi) is 3.11. The first-order valence-corrected chi connectivity index (χ1v) is 7.91. The maximum absolute atomic E-state index is 12.5. The van der Waals surface area contributed by atoms with E-state index in [4.69, 9.17) is 0 Å². The Bertz CT molecular complexity index is 675. The van der Waals surface area contributed by atoms with Crippen LogP contribution in [0.5, 0.6) is 0 Å². The average molecular weight is 314 g/mol. The summed E-state index contributed by atoms with van der Waals surface area (Å²) in [4.78, 5) is 42.0. The monoisotopic (exact) mass is 314 g/mol. The molecule has 3 heterocycles. The zero-order chi connectivity index (χ0) is 16.0. The third kappa shape index (κ3) is 2.36. The fraction of sp³-hybridized carbons (Fsp3) is 0.500. The summed E-state index contributed by atoms with van der Waals surface area (Å²) in [5, 5.41) is 5.08. The number of carbonyl (C=O) groups is 3. The number of hydrogen-bond acceptors (Lipinski definition) is 4. The molecule has 4 rings (SSSR count). The van der Waals surface area contributed by atoms with E-state index in [1.54, 1.807) is 17.3 Å². The van der Waals surface area contributed by atoms with E-state index < -0.39 is 11.6 Å². The Morgan fingerprint density at radius 3 is 2.74 bits per heavy atom. The number of carbonyl (C=O) groups excluding carboxylic acids is 3. The number of urea groups is 1. The fourth-order valence-corrected chi connectivity index (χ4v) is 3.61. The number of amides is 4. The van der Waals surface area contributed by atoms with Crippen LogP contribution in [0.2, 0.25) is 0 Å². The number of nitrogens with zero attached hydrogens (tertiary/aromatic N) is 2. The maximum Gasteiger partial charge on any atom is 0.322 e. The van der Waals surface area contributed by atoms with E-state index in [0.717, 1.165) is 24.0 Å². The van der Waals surface area contributed by atoms with Crippen LogP contribution < -0.4 is 10.6 Å². The minimum Gasteiger partial charge on any atom is -0.334 e. The van der Waals surface area contributed by atoms with Gasteiger partial charge in [-0.2, -0.15) is 0 Å². The minimum absolute atomic E-state index is 0.00942. The lowest BCUT2D eigenvalue weighted by Crippen LogP contribution is -2.49. The van der Waals surface area contributed by atoms with Gasteiger partial charge in [-0.05, 0) is 42.4 Å². The molecule has 7 nitrogen and oxygen atoms in total. The Labute approximate surface area is 133 Å². The van der Waals surface area contributed by atoms with Crippen LogP contribution in [0.1, 0.15) is 36.8 Å². The number of aromatic nitrogens is 1. The molecule has 0 radical (unpaired) electrons. The molecule has 7 heteroatoms. The standard InChI is InChI=1S/C16H18N4O3/c21-13(20-8-10-4-6-17-7-11(10)9-20)3-5-16(12-1-2-12)14(22)18-15(23)19-16/h4,6-7,12H,1-3,5,8-9H2,(H2,18,19,22,23)/t16-/m0/s1. The van der Waals surface area contributed by atoms with Gasteiger partial charge in [0.05, 0.1) is 0 Å². The van der Waals surface area contributed by atoms with Crippen molar-refractivity contribution in [2.75, 3.05) is 0 Å². The first-order valence-electron chi connectivity index (χ1n) is 7.91. The molecule has 0 bridgehead atoms. The van der Waals surface area contributed by atoms with Crippen LogP contribution in [0.15, 0.2) is 18.5 Å². The molecule has 0 aromatic carbocycles. The molecule has 2 fully saturated rings. The van der Waals surface area contributed by atoms with Gasteiger partial charge >= 0.3 is 6.03 Å². The molecule has 0 unspecified atom stereocenters. The lowest BCUT2D eigenvalue weighted by atomic mass is 9.88. The molecule has 120 valence electrons. The summed E-state index contributed by atoms with van der Waals surface area (Å²) in [5.41, 5.74) is 1.31. The number of nitrogens with one attached hydrogen (secondary N) is 2. The number of rotatable bonds is 4. The van der Waals surface area contributed by atoms with E-state index in [2.05, 4.69) is 15.6 Å². The lowest BCUT2D eigenvalue weighted by Gasteiger charge is -2.26. The Hall–Kier alpha value is -2.44. The summed E-state index contributed by atoms with van der Waals surface area (Å²) < 4.78 is 0. The summed E-state index contributed by atoms with van der Waals surface area (Å²) in [5.74, 6) is -0.122. The highest BCUT2D eigenvalue weighted by atomic mass is 16.2. The molecule has 2 aliphatic heterocycles. The molecule has 2 N–H and O–H groups in total. The number of imide groups is 1. The predicted molar refractivity (Wildman–Crippen MR) is 79.9 cm³/mol. The molecule has 4 amide bonds. The van der Waals surface area contributed by atoms with Crippen molar-refractivity contribution in [3.63, 3.8) is 0 Å².